The topological polar surface area (TPSA) is 102 Å². The molecule has 2 heterocycles. The van der Waals surface area contributed by atoms with Gasteiger partial charge in [-0.05, 0) is 24.5 Å². The number of piperidine rings is 1. The first-order chi connectivity index (χ1) is 11.5. The number of carbonyl (C=O) groups excluding carboxylic acids is 3. The Morgan fingerprint density at radius 2 is 1.96 bits per heavy atom. The molecule has 0 spiro atoms. The van der Waals surface area contributed by atoms with E-state index in [4.69, 9.17) is 10.5 Å². The summed E-state index contributed by atoms with van der Waals surface area (Å²) in [5.41, 5.74) is 6.56. The van der Waals surface area contributed by atoms with E-state index in [1.807, 2.05) is 17.0 Å². The first-order valence-corrected chi connectivity index (χ1v) is 8.13. The predicted molar refractivity (Wildman–Crippen MR) is 86.1 cm³/mol. The van der Waals surface area contributed by atoms with Gasteiger partial charge in [0.25, 0.3) is 5.91 Å². The minimum atomic E-state index is -0.781. The summed E-state index contributed by atoms with van der Waals surface area (Å²) in [7, 11) is 0. The van der Waals surface area contributed by atoms with Crippen molar-refractivity contribution in [1.29, 1.82) is 0 Å². The number of ether oxygens (including phenoxy) is 1. The summed E-state index contributed by atoms with van der Waals surface area (Å²) in [6.45, 7) is 1.67. The Labute approximate surface area is 140 Å². The van der Waals surface area contributed by atoms with Gasteiger partial charge in [-0.2, -0.15) is 0 Å². The van der Waals surface area contributed by atoms with E-state index in [9.17, 15) is 14.4 Å². The highest BCUT2D eigenvalue weighted by Crippen LogP contribution is 2.21. The van der Waals surface area contributed by atoms with Crippen molar-refractivity contribution in [2.24, 2.45) is 5.73 Å². The molecule has 7 nitrogen and oxygen atoms in total. The van der Waals surface area contributed by atoms with Crippen molar-refractivity contribution < 1.29 is 19.1 Å². The summed E-state index contributed by atoms with van der Waals surface area (Å²) in [5, 5.41) is 2.95. The largest absolute Gasteiger partial charge is 0.448 e. The molecule has 2 amide bonds. The van der Waals surface area contributed by atoms with Crippen LogP contribution in [0, 0.1) is 0 Å². The lowest BCUT2D eigenvalue weighted by Crippen LogP contribution is -2.50. The third-order valence-electron chi connectivity index (χ3n) is 4.50. The molecule has 3 N–H and O–H groups in total. The molecule has 1 aromatic rings. The Balaban J connectivity index is 1.53. The third-order valence-corrected chi connectivity index (χ3v) is 4.50. The van der Waals surface area contributed by atoms with Gasteiger partial charge in [-0.25, -0.2) is 4.79 Å². The van der Waals surface area contributed by atoms with E-state index in [0.717, 1.165) is 18.4 Å². The smallest absolute Gasteiger partial charge is 0.339 e. The van der Waals surface area contributed by atoms with Crippen LogP contribution in [0.3, 0.4) is 0 Å². The second kappa shape index (κ2) is 7.00. The number of primary amides is 1. The maximum absolute atomic E-state index is 12.4. The van der Waals surface area contributed by atoms with Crippen molar-refractivity contribution in [3.63, 3.8) is 0 Å². The van der Waals surface area contributed by atoms with Crippen LogP contribution in [-0.4, -0.2) is 54.5 Å². The SMILES string of the molecule is NC(=O)CN1CCC(NC(=O)C2Cc3ccccc3C(=O)O2)CC1. The molecule has 2 aliphatic rings. The highest BCUT2D eigenvalue weighted by atomic mass is 16.5. The fourth-order valence-corrected chi connectivity index (χ4v) is 3.23. The fourth-order valence-electron chi connectivity index (χ4n) is 3.23. The van der Waals surface area contributed by atoms with Crippen LogP contribution in [0.4, 0.5) is 0 Å². The number of esters is 1. The van der Waals surface area contributed by atoms with Gasteiger partial charge in [0, 0.05) is 25.6 Å². The molecule has 0 aliphatic carbocycles. The number of benzene rings is 1. The van der Waals surface area contributed by atoms with Gasteiger partial charge in [-0.1, -0.05) is 18.2 Å². The van der Waals surface area contributed by atoms with E-state index >= 15 is 0 Å². The second-order valence-electron chi connectivity index (χ2n) is 6.28. The summed E-state index contributed by atoms with van der Waals surface area (Å²) in [6.07, 6.45) is 1.11. The van der Waals surface area contributed by atoms with Crippen LogP contribution in [0.5, 0.6) is 0 Å². The monoisotopic (exact) mass is 331 g/mol. The van der Waals surface area contributed by atoms with Crippen molar-refractivity contribution in [3.8, 4) is 0 Å². The summed E-state index contributed by atoms with van der Waals surface area (Å²) in [6, 6.07) is 7.21. The second-order valence-corrected chi connectivity index (χ2v) is 6.28. The van der Waals surface area contributed by atoms with Crippen molar-refractivity contribution in [2.45, 2.75) is 31.4 Å². The highest BCUT2D eigenvalue weighted by Gasteiger charge is 2.32. The number of nitrogens with one attached hydrogen (secondary N) is 1. The Hall–Kier alpha value is -2.41. The molecule has 1 unspecified atom stereocenters. The van der Waals surface area contributed by atoms with Gasteiger partial charge in [-0.15, -0.1) is 0 Å². The molecule has 0 aromatic heterocycles. The summed E-state index contributed by atoms with van der Waals surface area (Å²) < 4.78 is 5.27. The van der Waals surface area contributed by atoms with Crippen LogP contribution in [-0.2, 0) is 20.7 Å². The van der Waals surface area contributed by atoms with Crippen LogP contribution >= 0.6 is 0 Å². The lowest BCUT2D eigenvalue weighted by atomic mass is 9.97. The van der Waals surface area contributed by atoms with E-state index < -0.39 is 12.1 Å². The quantitative estimate of drug-likeness (QED) is 0.746. The number of nitrogens with zero attached hydrogens (tertiary/aromatic N) is 1. The number of rotatable bonds is 4. The van der Waals surface area contributed by atoms with Gasteiger partial charge < -0.3 is 15.8 Å². The van der Waals surface area contributed by atoms with Crippen molar-refractivity contribution in [3.05, 3.63) is 35.4 Å². The van der Waals surface area contributed by atoms with Crippen molar-refractivity contribution in [1.82, 2.24) is 10.2 Å². The van der Waals surface area contributed by atoms with Crippen LogP contribution in [0.25, 0.3) is 0 Å². The van der Waals surface area contributed by atoms with E-state index in [1.54, 1.807) is 12.1 Å². The Kier molecular flexibility index (Phi) is 4.80. The van der Waals surface area contributed by atoms with Crippen LogP contribution in [0.1, 0.15) is 28.8 Å². The highest BCUT2D eigenvalue weighted by molar-refractivity contribution is 5.95. The van der Waals surface area contributed by atoms with Gasteiger partial charge in [0.2, 0.25) is 5.91 Å². The molecule has 1 aromatic carbocycles. The molecule has 7 heteroatoms. The fraction of sp³-hybridized carbons (Fsp3) is 0.471. The van der Waals surface area contributed by atoms with E-state index in [0.29, 0.717) is 25.1 Å². The third kappa shape index (κ3) is 3.73. The number of cyclic esters (lactones) is 1. The van der Waals surface area contributed by atoms with E-state index in [2.05, 4.69) is 5.32 Å². The van der Waals surface area contributed by atoms with E-state index in [1.165, 1.54) is 0 Å². The lowest BCUT2D eigenvalue weighted by Gasteiger charge is -2.32. The van der Waals surface area contributed by atoms with Gasteiger partial charge in [-0.3, -0.25) is 14.5 Å². The summed E-state index contributed by atoms with van der Waals surface area (Å²) in [4.78, 5) is 37.3. The van der Waals surface area contributed by atoms with Crippen LogP contribution in [0.15, 0.2) is 24.3 Å². The minimum absolute atomic E-state index is 0.0255. The maximum atomic E-state index is 12.4. The number of hydrogen-bond donors (Lipinski definition) is 2. The van der Waals surface area contributed by atoms with Gasteiger partial charge in [0.1, 0.15) is 0 Å². The first kappa shape index (κ1) is 16.4. The normalized spacial score (nSPS) is 21.7. The molecule has 0 saturated carbocycles. The Bertz CT molecular complexity index is 653. The molecule has 0 bridgehead atoms. The average Bonchev–Trinajstić information content (AvgIpc) is 2.56. The maximum Gasteiger partial charge on any atom is 0.339 e. The minimum Gasteiger partial charge on any atom is -0.448 e. The molecule has 2 aliphatic heterocycles. The van der Waals surface area contributed by atoms with Gasteiger partial charge in [0.05, 0.1) is 12.1 Å². The number of likely N-dealkylation sites (tertiary alicyclic amines) is 1. The predicted octanol–water partition coefficient (Wildman–Crippen LogP) is -0.166. The molecule has 1 fully saturated rings. The lowest BCUT2D eigenvalue weighted by molar-refractivity contribution is -0.131. The molecule has 24 heavy (non-hydrogen) atoms. The standard InChI is InChI=1S/C17H21N3O4/c18-15(21)10-20-7-5-12(6-8-20)19-16(22)14-9-11-3-1-2-4-13(11)17(23)24-14/h1-4,12,14H,5-10H2,(H2,18,21)(H,19,22). The summed E-state index contributed by atoms with van der Waals surface area (Å²) >= 11 is 0. The number of nitrogens with two attached hydrogens (primary N) is 1. The zero-order chi connectivity index (χ0) is 17.1. The zero-order valence-electron chi connectivity index (χ0n) is 13.4. The molecule has 128 valence electrons. The molecule has 1 atom stereocenters. The number of fused-ring (bicyclic) bond motifs is 1. The molecule has 1 saturated heterocycles. The Morgan fingerprint density at radius 1 is 1.25 bits per heavy atom. The number of carbonyl (C=O) groups is 3. The molecular weight excluding hydrogens is 310 g/mol. The number of amides is 2. The molecular formula is C17H21N3O4. The zero-order valence-corrected chi connectivity index (χ0v) is 13.4. The Morgan fingerprint density at radius 3 is 2.67 bits per heavy atom. The summed E-state index contributed by atoms with van der Waals surface area (Å²) in [5.74, 6) is -1.05. The van der Waals surface area contributed by atoms with Crippen LogP contribution in [0.2, 0.25) is 0 Å². The van der Waals surface area contributed by atoms with Crippen LogP contribution < -0.4 is 11.1 Å². The van der Waals surface area contributed by atoms with Gasteiger partial charge in [0.15, 0.2) is 6.10 Å². The van der Waals surface area contributed by atoms with E-state index in [-0.39, 0.29) is 24.4 Å². The van der Waals surface area contributed by atoms with Crippen molar-refractivity contribution >= 4 is 17.8 Å². The molecule has 0 radical (unpaired) electrons. The van der Waals surface area contributed by atoms with Gasteiger partial charge >= 0.3 is 5.97 Å². The van der Waals surface area contributed by atoms with Crippen molar-refractivity contribution in [2.75, 3.05) is 19.6 Å². The first-order valence-electron chi connectivity index (χ1n) is 8.13. The number of hydrogen-bond acceptors (Lipinski definition) is 5. The average molecular weight is 331 g/mol. The molecule has 3 rings (SSSR count).